The number of rotatable bonds is 2. The molecule has 1 aliphatic heterocycles. The molecule has 1 aromatic carbocycles. The first-order chi connectivity index (χ1) is 8.61. The lowest BCUT2D eigenvalue weighted by atomic mass is 10.0. The third-order valence-corrected chi connectivity index (χ3v) is 3.18. The number of hydrogen-bond donors (Lipinski definition) is 1. The van der Waals surface area contributed by atoms with E-state index in [1.54, 1.807) is 12.1 Å². The summed E-state index contributed by atoms with van der Waals surface area (Å²) in [4.78, 5) is 12.6. The topological polar surface area (TPSA) is 96.2 Å². The minimum Gasteiger partial charge on any atom is -0.366 e. The van der Waals surface area contributed by atoms with Gasteiger partial charge in [0.2, 0.25) is 0 Å². The van der Waals surface area contributed by atoms with Crippen LogP contribution in [0.15, 0.2) is 18.2 Å². The Morgan fingerprint density at radius 2 is 2.11 bits per heavy atom. The quantitative estimate of drug-likeness (QED) is 0.628. The number of benzene rings is 1. The van der Waals surface area contributed by atoms with E-state index in [-0.39, 0.29) is 11.7 Å². The molecule has 0 amide bonds. The monoisotopic (exact) mass is 246 g/mol. The van der Waals surface area contributed by atoms with Crippen LogP contribution < -0.4 is 10.6 Å². The van der Waals surface area contributed by atoms with Crippen LogP contribution in [0.2, 0.25) is 0 Å². The summed E-state index contributed by atoms with van der Waals surface area (Å²) in [6, 6.07) is 6.67. The Kier molecular flexibility index (Phi) is 3.44. The smallest absolute Gasteiger partial charge is 0.293 e. The predicted molar refractivity (Wildman–Crippen MR) is 67.2 cm³/mol. The molecule has 0 atom stereocenters. The molecule has 0 spiro atoms. The van der Waals surface area contributed by atoms with E-state index < -0.39 is 4.92 Å². The van der Waals surface area contributed by atoms with Crippen molar-refractivity contribution in [2.45, 2.75) is 18.9 Å². The molecule has 0 bridgehead atoms. The highest BCUT2D eigenvalue weighted by atomic mass is 16.6. The van der Waals surface area contributed by atoms with Gasteiger partial charge in [-0.15, -0.1) is 0 Å². The van der Waals surface area contributed by atoms with Gasteiger partial charge in [-0.1, -0.05) is 0 Å². The molecule has 1 aliphatic rings. The third-order valence-electron chi connectivity index (χ3n) is 3.18. The number of nitrogens with zero attached hydrogens (tertiary/aromatic N) is 3. The van der Waals surface area contributed by atoms with E-state index in [1.807, 2.05) is 11.0 Å². The summed E-state index contributed by atoms with van der Waals surface area (Å²) in [7, 11) is 0. The highest BCUT2D eigenvalue weighted by Gasteiger charge is 2.23. The first kappa shape index (κ1) is 12.3. The molecular formula is C12H14N4O2. The first-order valence-electron chi connectivity index (χ1n) is 5.81. The van der Waals surface area contributed by atoms with Crippen molar-refractivity contribution >= 4 is 11.4 Å². The van der Waals surface area contributed by atoms with Crippen molar-refractivity contribution in [3.8, 4) is 6.07 Å². The summed E-state index contributed by atoms with van der Waals surface area (Å²) in [5, 5.41) is 19.8. The van der Waals surface area contributed by atoms with Crippen molar-refractivity contribution in [1.29, 1.82) is 5.26 Å². The maximum absolute atomic E-state index is 11.0. The number of nitro benzene ring substituents is 1. The Labute approximate surface area is 105 Å². The number of piperidine rings is 1. The third kappa shape index (κ3) is 2.41. The van der Waals surface area contributed by atoms with E-state index in [0.29, 0.717) is 24.3 Å². The van der Waals surface area contributed by atoms with Crippen LogP contribution in [0.5, 0.6) is 0 Å². The number of anilines is 1. The summed E-state index contributed by atoms with van der Waals surface area (Å²) in [5.74, 6) is 0. The zero-order chi connectivity index (χ0) is 13.1. The molecule has 0 unspecified atom stereocenters. The number of nitro groups is 1. The molecule has 2 rings (SSSR count). The minimum absolute atomic E-state index is 0.00970. The van der Waals surface area contributed by atoms with Crippen molar-refractivity contribution in [3.05, 3.63) is 33.9 Å². The van der Waals surface area contributed by atoms with Gasteiger partial charge in [0.1, 0.15) is 5.69 Å². The van der Waals surface area contributed by atoms with E-state index in [4.69, 9.17) is 11.0 Å². The van der Waals surface area contributed by atoms with Crippen LogP contribution in [0.1, 0.15) is 18.4 Å². The fraction of sp³-hybridized carbons (Fsp3) is 0.417. The Bertz CT molecular complexity index is 501. The Balaban J connectivity index is 2.32. The molecule has 1 aromatic rings. The fourth-order valence-corrected chi connectivity index (χ4v) is 2.15. The van der Waals surface area contributed by atoms with Crippen LogP contribution in [-0.2, 0) is 0 Å². The second-order valence-electron chi connectivity index (χ2n) is 4.40. The van der Waals surface area contributed by atoms with Gasteiger partial charge < -0.3 is 10.6 Å². The minimum atomic E-state index is -0.440. The number of nitrogens with two attached hydrogens (primary N) is 1. The molecule has 2 N–H and O–H groups in total. The maximum atomic E-state index is 11.0. The molecule has 0 saturated carbocycles. The Hall–Kier alpha value is -2.13. The molecule has 1 saturated heterocycles. The SMILES string of the molecule is N#Cc1ccc(N2CCC(N)CC2)c([N+](=O)[O-])c1. The molecule has 18 heavy (non-hydrogen) atoms. The standard InChI is InChI=1S/C12H14N4O2/c13-8-9-1-2-11(12(7-9)16(17)18)15-5-3-10(14)4-6-15/h1-2,7,10H,3-6,14H2. The summed E-state index contributed by atoms with van der Waals surface area (Å²) in [5.41, 5.74) is 6.68. The summed E-state index contributed by atoms with van der Waals surface area (Å²) >= 11 is 0. The van der Waals surface area contributed by atoms with Gasteiger partial charge in [0.25, 0.3) is 5.69 Å². The van der Waals surface area contributed by atoms with Crippen LogP contribution in [0.3, 0.4) is 0 Å². The van der Waals surface area contributed by atoms with Crippen LogP contribution in [0.25, 0.3) is 0 Å². The lowest BCUT2D eigenvalue weighted by Gasteiger charge is -2.31. The van der Waals surface area contributed by atoms with Crippen molar-refractivity contribution < 1.29 is 4.92 Å². The number of hydrogen-bond acceptors (Lipinski definition) is 5. The van der Waals surface area contributed by atoms with Crippen molar-refractivity contribution in [1.82, 2.24) is 0 Å². The Morgan fingerprint density at radius 1 is 1.44 bits per heavy atom. The second kappa shape index (κ2) is 5.02. The van der Waals surface area contributed by atoms with E-state index in [9.17, 15) is 10.1 Å². The summed E-state index contributed by atoms with van der Waals surface area (Å²) in [6.07, 6.45) is 1.66. The van der Waals surface area contributed by atoms with Crippen LogP contribution >= 0.6 is 0 Å². The van der Waals surface area contributed by atoms with Crippen molar-refractivity contribution in [2.75, 3.05) is 18.0 Å². The second-order valence-corrected chi connectivity index (χ2v) is 4.40. The summed E-state index contributed by atoms with van der Waals surface area (Å²) in [6.45, 7) is 1.43. The predicted octanol–water partition coefficient (Wildman–Crippen LogP) is 1.39. The molecule has 0 aromatic heterocycles. The van der Waals surface area contributed by atoms with Gasteiger partial charge in [0.15, 0.2) is 0 Å². The van der Waals surface area contributed by atoms with Crippen molar-refractivity contribution in [2.24, 2.45) is 5.73 Å². The van der Waals surface area contributed by atoms with Crippen LogP contribution in [0.4, 0.5) is 11.4 Å². The average Bonchev–Trinajstić information content (AvgIpc) is 2.39. The number of nitriles is 1. The molecule has 6 nitrogen and oxygen atoms in total. The molecular weight excluding hydrogens is 232 g/mol. The van der Waals surface area contributed by atoms with Gasteiger partial charge in [0.05, 0.1) is 16.6 Å². The zero-order valence-corrected chi connectivity index (χ0v) is 9.87. The van der Waals surface area contributed by atoms with Gasteiger partial charge in [-0.05, 0) is 25.0 Å². The molecule has 1 heterocycles. The molecule has 1 fully saturated rings. The normalized spacial score (nSPS) is 16.3. The van der Waals surface area contributed by atoms with E-state index in [0.717, 1.165) is 12.8 Å². The highest BCUT2D eigenvalue weighted by molar-refractivity contribution is 5.65. The van der Waals surface area contributed by atoms with E-state index >= 15 is 0 Å². The Morgan fingerprint density at radius 3 is 2.67 bits per heavy atom. The molecule has 0 radical (unpaired) electrons. The molecule has 0 aliphatic carbocycles. The lowest BCUT2D eigenvalue weighted by molar-refractivity contribution is -0.384. The van der Waals surface area contributed by atoms with Crippen LogP contribution in [-0.4, -0.2) is 24.1 Å². The molecule has 6 heteroatoms. The first-order valence-corrected chi connectivity index (χ1v) is 5.81. The zero-order valence-electron chi connectivity index (χ0n) is 9.87. The van der Waals surface area contributed by atoms with Gasteiger partial charge in [0, 0.05) is 25.2 Å². The molecule has 94 valence electrons. The van der Waals surface area contributed by atoms with Gasteiger partial charge in [-0.25, -0.2) is 0 Å². The largest absolute Gasteiger partial charge is 0.366 e. The fourth-order valence-electron chi connectivity index (χ4n) is 2.15. The lowest BCUT2D eigenvalue weighted by Crippen LogP contribution is -2.39. The maximum Gasteiger partial charge on any atom is 0.293 e. The van der Waals surface area contributed by atoms with Gasteiger partial charge in [-0.2, -0.15) is 5.26 Å². The van der Waals surface area contributed by atoms with Gasteiger partial charge in [-0.3, -0.25) is 10.1 Å². The van der Waals surface area contributed by atoms with E-state index in [1.165, 1.54) is 6.07 Å². The average molecular weight is 246 g/mol. The summed E-state index contributed by atoms with van der Waals surface area (Å²) < 4.78 is 0. The van der Waals surface area contributed by atoms with Gasteiger partial charge >= 0.3 is 0 Å². The van der Waals surface area contributed by atoms with E-state index in [2.05, 4.69) is 0 Å². The van der Waals surface area contributed by atoms with Crippen LogP contribution in [0, 0.1) is 21.4 Å². The highest BCUT2D eigenvalue weighted by Crippen LogP contribution is 2.30. The van der Waals surface area contributed by atoms with Crippen molar-refractivity contribution in [3.63, 3.8) is 0 Å².